The number of rotatable bonds is 18. The summed E-state index contributed by atoms with van der Waals surface area (Å²) in [4.78, 5) is 23.6. The molecule has 2 N–H and O–H groups in total. The van der Waals surface area contributed by atoms with Crippen LogP contribution in [0.25, 0.3) is 0 Å². The van der Waals surface area contributed by atoms with E-state index in [0.717, 1.165) is 19.3 Å². The standard InChI is InChI=1S/C26H46O6/c1-3-4-5-6-7-8-9-10-11-12-13-14-15-16-17-18-24(29)32-25-22(27)19-21(20-23(25)28)26(30)31-2/h19,22-23,25,27-28H,3-18,20H2,1-2H3/t22-,23-,25-/m1/s1. The van der Waals surface area contributed by atoms with Crippen LogP contribution in [0.15, 0.2) is 11.6 Å². The van der Waals surface area contributed by atoms with Crippen molar-refractivity contribution in [3.05, 3.63) is 11.6 Å². The van der Waals surface area contributed by atoms with Crippen molar-refractivity contribution >= 4 is 11.9 Å². The summed E-state index contributed by atoms with van der Waals surface area (Å²) in [5.74, 6) is -1.01. The van der Waals surface area contributed by atoms with Gasteiger partial charge in [-0.2, -0.15) is 0 Å². The van der Waals surface area contributed by atoms with Crippen molar-refractivity contribution in [1.29, 1.82) is 0 Å². The van der Waals surface area contributed by atoms with Crippen LogP contribution in [-0.2, 0) is 19.1 Å². The molecule has 0 spiro atoms. The van der Waals surface area contributed by atoms with E-state index < -0.39 is 30.3 Å². The lowest BCUT2D eigenvalue weighted by Gasteiger charge is -2.30. The molecule has 0 saturated heterocycles. The van der Waals surface area contributed by atoms with E-state index in [0.29, 0.717) is 0 Å². The first-order valence-corrected chi connectivity index (χ1v) is 12.8. The summed E-state index contributed by atoms with van der Waals surface area (Å²) >= 11 is 0. The molecule has 1 rings (SSSR count). The van der Waals surface area contributed by atoms with Crippen LogP contribution in [0.4, 0.5) is 0 Å². The van der Waals surface area contributed by atoms with Gasteiger partial charge >= 0.3 is 11.9 Å². The van der Waals surface area contributed by atoms with Gasteiger partial charge in [0.05, 0.1) is 13.2 Å². The van der Waals surface area contributed by atoms with Gasteiger partial charge in [0.15, 0.2) is 6.10 Å². The second-order valence-corrected chi connectivity index (χ2v) is 9.10. The Bertz CT molecular complexity index is 544. The Morgan fingerprint density at radius 1 is 0.844 bits per heavy atom. The molecule has 0 fully saturated rings. The molecule has 0 unspecified atom stereocenters. The predicted molar refractivity (Wildman–Crippen MR) is 126 cm³/mol. The van der Waals surface area contributed by atoms with Crippen LogP contribution in [-0.4, -0.2) is 47.6 Å². The summed E-state index contributed by atoms with van der Waals surface area (Å²) in [5.41, 5.74) is 0.196. The second-order valence-electron chi connectivity index (χ2n) is 9.10. The van der Waals surface area contributed by atoms with E-state index in [1.165, 1.54) is 90.2 Å². The number of hydrogen-bond acceptors (Lipinski definition) is 6. The first-order chi connectivity index (χ1) is 15.5. The van der Waals surface area contributed by atoms with Gasteiger partial charge in [0.25, 0.3) is 0 Å². The molecule has 32 heavy (non-hydrogen) atoms. The van der Waals surface area contributed by atoms with Crippen LogP contribution in [0.1, 0.15) is 116 Å². The Kier molecular flexibility index (Phi) is 16.2. The number of esters is 2. The third-order valence-electron chi connectivity index (χ3n) is 6.22. The molecule has 0 aromatic carbocycles. The molecule has 0 amide bonds. The van der Waals surface area contributed by atoms with Crippen molar-refractivity contribution < 1.29 is 29.3 Å². The molecular weight excluding hydrogens is 408 g/mol. The largest absolute Gasteiger partial charge is 0.466 e. The van der Waals surface area contributed by atoms with Crippen molar-refractivity contribution in [1.82, 2.24) is 0 Å². The number of carbonyl (C=O) groups is 2. The minimum Gasteiger partial charge on any atom is -0.466 e. The molecule has 0 saturated carbocycles. The number of carbonyl (C=O) groups excluding carboxylic acids is 2. The van der Waals surface area contributed by atoms with E-state index in [9.17, 15) is 19.8 Å². The van der Waals surface area contributed by atoms with Crippen LogP contribution in [0, 0.1) is 0 Å². The maximum Gasteiger partial charge on any atom is 0.333 e. The third kappa shape index (κ3) is 12.6. The summed E-state index contributed by atoms with van der Waals surface area (Å²) in [7, 11) is 1.24. The van der Waals surface area contributed by atoms with Gasteiger partial charge in [0.2, 0.25) is 0 Å². The first-order valence-electron chi connectivity index (χ1n) is 12.8. The molecule has 6 nitrogen and oxygen atoms in total. The Labute approximate surface area is 194 Å². The Hall–Kier alpha value is -1.40. The smallest absolute Gasteiger partial charge is 0.333 e. The minimum absolute atomic E-state index is 0.000634. The lowest BCUT2D eigenvalue weighted by Crippen LogP contribution is -2.44. The fraction of sp³-hybridized carbons (Fsp3) is 0.846. The van der Waals surface area contributed by atoms with E-state index in [-0.39, 0.29) is 18.4 Å². The Balaban J connectivity index is 1.99. The van der Waals surface area contributed by atoms with E-state index in [1.54, 1.807) is 0 Å². The molecule has 3 atom stereocenters. The van der Waals surface area contributed by atoms with Crippen LogP contribution in [0.3, 0.4) is 0 Å². The van der Waals surface area contributed by atoms with E-state index in [4.69, 9.17) is 4.74 Å². The lowest BCUT2D eigenvalue weighted by molar-refractivity contribution is -0.163. The van der Waals surface area contributed by atoms with E-state index in [2.05, 4.69) is 11.7 Å². The van der Waals surface area contributed by atoms with Crippen molar-refractivity contribution in [2.75, 3.05) is 7.11 Å². The number of aliphatic hydroxyl groups excluding tert-OH is 2. The van der Waals surface area contributed by atoms with E-state index >= 15 is 0 Å². The van der Waals surface area contributed by atoms with Crippen LogP contribution in [0.5, 0.6) is 0 Å². The number of ether oxygens (including phenoxy) is 2. The fourth-order valence-electron chi connectivity index (χ4n) is 4.22. The summed E-state index contributed by atoms with van der Waals surface area (Å²) in [6.07, 6.45) is 17.2. The Morgan fingerprint density at radius 3 is 1.75 bits per heavy atom. The molecule has 0 aromatic rings. The van der Waals surface area contributed by atoms with Crippen LogP contribution >= 0.6 is 0 Å². The summed E-state index contributed by atoms with van der Waals surface area (Å²) < 4.78 is 9.86. The van der Waals surface area contributed by atoms with Crippen molar-refractivity contribution in [2.24, 2.45) is 0 Å². The highest BCUT2D eigenvalue weighted by Crippen LogP contribution is 2.23. The van der Waals surface area contributed by atoms with Gasteiger partial charge in [-0.25, -0.2) is 4.79 Å². The average Bonchev–Trinajstić information content (AvgIpc) is 2.78. The number of aliphatic hydroxyl groups is 2. The van der Waals surface area contributed by atoms with Crippen LogP contribution < -0.4 is 0 Å². The maximum absolute atomic E-state index is 12.1. The van der Waals surface area contributed by atoms with Gasteiger partial charge in [-0.15, -0.1) is 0 Å². The summed E-state index contributed by atoms with van der Waals surface area (Å²) in [5, 5.41) is 20.2. The van der Waals surface area contributed by atoms with Crippen molar-refractivity contribution in [3.63, 3.8) is 0 Å². The molecule has 1 aliphatic rings. The minimum atomic E-state index is -1.21. The van der Waals surface area contributed by atoms with Crippen molar-refractivity contribution in [2.45, 2.75) is 134 Å². The zero-order valence-corrected chi connectivity index (χ0v) is 20.4. The molecule has 1 aliphatic carbocycles. The number of methoxy groups -OCH3 is 1. The monoisotopic (exact) mass is 454 g/mol. The molecular formula is C26H46O6. The highest BCUT2D eigenvalue weighted by atomic mass is 16.6. The number of hydrogen-bond donors (Lipinski definition) is 2. The molecule has 0 radical (unpaired) electrons. The molecule has 0 aliphatic heterocycles. The fourth-order valence-corrected chi connectivity index (χ4v) is 4.22. The summed E-state index contributed by atoms with van der Waals surface area (Å²) in [6.45, 7) is 2.26. The van der Waals surface area contributed by atoms with Gasteiger partial charge in [-0.05, 0) is 12.5 Å². The average molecular weight is 455 g/mol. The topological polar surface area (TPSA) is 93.1 Å². The van der Waals surface area contributed by atoms with Gasteiger partial charge in [-0.1, -0.05) is 96.8 Å². The number of unbranched alkanes of at least 4 members (excludes halogenated alkanes) is 14. The third-order valence-corrected chi connectivity index (χ3v) is 6.22. The van der Waals surface area contributed by atoms with Crippen LogP contribution in [0.2, 0.25) is 0 Å². The van der Waals surface area contributed by atoms with Crippen molar-refractivity contribution in [3.8, 4) is 0 Å². The molecule has 0 aromatic heterocycles. The zero-order valence-electron chi connectivity index (χ0n) is 20.4. The normalized spacial score (nSPS) is 20.6. The predicted octanol–water partition coefficient (Wildman–Crippen LogP) is 5.38. The maximum atomic E-state index is 12.1. The molecule has 6 heteroatoms. The Morgan fingerprint density at radius 2 is 1.31 bits per heavy atom. The highest BCUT2D eigenvalue weighted by molar-refractivity contribution is 5.88. The molecule has 0 bridgehead atoms. The van der Waals surface area contributed by atoms with Gasteiger partial charge in [0, 0.05) is 18.4 Å². The first kappa shape index (κ1) is 28.6. The zero-order chi connectivity index (χ0) is 23.6. The summed E-state index contributed by atoms with van der Waals surface area (Å²) in [6, 6.07) is 0. The lowest BCUT2D eigenvalue weighted by atomic mass is 9.92. The molecule has 186 valence electrons. The van der Waals surface area contributed by atoms with E-state index in [1.807, 2.05) is 0 Å². The SMILES string of the molecule is CCCCCCCCCCCCCCCCCC(=O)O[C@@H]1[C@H](O)C=C(C(=O)OC)C[C@H]1O. The van der Waals surface area contributed by atoms with Gasteiger partial charge in [0.1, 0.15) is 6.10 Å². The highest BCUT2D eigenvalue weighted by Gasteiger charge is 2.36. The quantitative estimate of drug-likeness (QED) is 0.213. The molecule has 0 heterocycles. The van der Waals surface area contributed by atoms with Gasteiger partial charge < -0.3 is 19.7 Å². The second kappa shape index (κ2) is 18.1. The van der Waals surface area contributed by atoms with Gasteiger partial charge in [-0.3, -0.25) is 4.79 Å².